The Morgan fingerprint density at radius 3 is 2.40 bits per heavy atom. The number of aryl methyl sites for hydroxylation is 1. The summed E-state index contributed by atoms with van der Waals surface area (Å²) in [6, 6.07) is 9.52. The van der Waals surface area contributed by atoms with Gasteiger partial charge in [-0.3, -0.25) is 9.59 Å². The van der Waals surface area contributed by atoms with E-state index in [1.54, 1.807) is 18.7 Å². The average molecular weight is 270 g/mol. The highest BCUT2D eigenvalue weighted by Gasteiger charge is 2.46. The van der Waals surface area contributed by atoms with E-state index in [0.717, 1.165) is 12.1 Å². The molecule has 4 heteroatoms. The Labute approximate surface area is 119 Å². The largest absolute Gasteiger partial charge is 0.310 e. The predicted octanol–water partition coefficient (Wildman–Crippen LogP) is 2.33. The van der Waals surface area contributed by atoms with Crippen LogP contribution in [0.15, 0.2) is 24.3 Å². The number of carbonyl (C=O) groups is 2. The first-order valence-electron chi connectivity index (χ1n) is 6.75. The van der Waals surface area contributed by atoms with Crippen LogP contribution >= 0.6 is 0 Å². The first-order valence-corrected chi connectivity index (χ1v) is 6.75. The van der Waals surface area contributed by atoms with Gasteiger partial charge in [-0.15, -0.1) is 0 Å². The van der Waals surface area contributed by atoms with Crippen LogP contribution in [0.4, 0.5) is 5.69 Å². The zero-order chi connectivity index (χ0) is 14.9. The molecule has 1 saturated heterocycles. The van der Waals surface area contributed by atoms with Crippen molar-refractivity contribution in [2.24, 2.45) is 11.3 Å². The van der Waals surface area contributed by atoms with Gasteiger partial charge in [-0.25, -0.2) is 0 Å². The van der Waals surface area contributed by atoms with Crippen molar-refractivity contribution < 1.29 is 9.59 Å². The zero-order valence-electron chi connectivity index (χ0n) is 12.0. The van der Waals surface area contributed by atoms with Crippen LogP contribution in [0, 0.1) is 22.7 Å². The second kappa shape index (κ2) is 5.09. The van der Waals surface area contributed by atoms with Gasteiger partial charge >= 0.3 is 0 Å². The van der Waals surface area contributed by atoms with Gasteiger partial charge < -0.3 is 4.90 Å². The van der Waals surface area contributed by atoms with Gasteiger partial charge in [0.25, 0.3) is 5.91 Å². The molecule has 0 aliphatic carbocycles. The summed E-state index contributed by atoms with van der Waals surface area (Å²) in [5.74, 6) is -1.89. The molecule has 1 fully saturated rings. The minimum absolute atomic E-state index is 0.286. The molecule has 0 saturated carbocycles. The van der Waals surface area contributed by atoms with Crippen LogP contribution in [0.3, 0.4) is 0 Å². The minimum atomic E-state index is -1.19. The van der Waals surface area contributed by atoms with E-state index in [4.69, 9.17) is 5.26 Å². The molecular weight excluding hydrogens is 252 g/mol. The molecule has 0 spiro atoms. The normalized spacial score (nSPS) is 21.7. The Morgan fingerprint density at radius 1 is 1.30 bits per heavy atom. The lowest BCUT2D eigenvalue weighted by molar-refractivity contribution is -0.138. The van der Waals surface area contributed by atoms with Gasteiger partial charge in [0.05, 0.1) is 6.07 Å². The van der Waals surface area contributed by atoms with Gasteiger partial charge in [-0.05, 0) is 24.1 Å². The number of amides is 1. The molecule has 1 aliphatic rings. The molecule has 1 aliphatic heterocycles. The maximum Gasteiger partial charge on any atom is 0.252 e. The number of carbonyl (C=O) groups excluding carboxylic acids is 2. The monoisotopic (exact) mass is 270 g/mol. The summed E-state index contributed by atoms with van der Waals surface area (Å²) in [5.41, 5.74) is 1.23. The van der Waals surface area contributed by atoms with Gasteiger partial charge in [0, 0.05) is 17.6 Å². The average Bonchev–Trinajstić information content (AvgIpc) is 2.44. The second-order valence-corrected chi connectivity index (χ2v) is 5.75. The molecule has 1 heterocycles. The van der Waals surface area contributed by atoms with Crippen molar-refractivity contribution in [3.05, 3.63) is 29.8 Å². The van der Waals surface area contributed by atoms with Crippen LogP contribution in [-0.2, 0) is 16.0 Å². The molecule has 1 atom stereocenters. The molecular formula is C16H18N2O2. The molecule has 104 valence electrons. The number of Topliss-reactive ketones (excluding diaryl/α,β-unsaturated/α-hetero) is 1. The highest BCUT2D eigenvalue weighted by atomic mass is 16.2. The van der Waals surface area contributed by atoms with Gasteiger partial charge in [0.15, 0.2) is 11.7 Å². The fraction of sp³-hybridized carbons (Fsp3) is 0.438. The van der Waals surface area contributed by atoms with E-state index >= 15 is 0 Å². The van der Waals surface area contributed by atoms with Crippen LogP contribution in [0.1, 0.15) is 26.3 Å². The fourth-order valence-electron chi connectivity index (χ4n) is 2.45. The quantitative estimate of drug-likeness (QED) is 0.775. The van der Waals surface area contributed by atoms with Crippen molar-refractivity contribution >= 4 is 17.4 Å². The zero-order valence-corrected chi connectivity index (χ0v) is 12.0. The summed E-state index contributed by atoms with van der Waals surface area (Å²) in [5, 5.41) is 9.09. The molecule has 4 nitrogen and oxygen atoms in total. The Hall–Kier alpha value is -2.15. The number of rotatable bonds is 2. The molecule has 20 heavy (non-hydrogen) atoms. The molecule has 1 unspecified atom stereocenters. The standard InChI is InChI=1S/C16H18N2O2/c1-4-11-5-7-12(8-6-11)18-10-16(2,3)14(19)13(9-17)15(18)20/h5-8,13H,4,10H2,1-3H3. The maximum atomic E-state index is 12.3. The third-order valence-corrected chi connectivity index (χ3v) is 3.78. The minimum Gasteiger partial charge on any atom is -0.310 e. The van der Waals surface area contributed by atoms with Crippen molar-refractivity contribution in [1.29, 1.82) is 5.26 Å². The number of anilines is 1. The van der Waals surface area contributed by atoms with E-state index in [1.165, 1.54) is 5.56 Å². The van der Waals surface area contributed by atoms with Crippen molar-refractivity contribution in [2.75, 3.05) is 11.4 Å². The van der Waals surface area contributed by atoms with Gasteiger partial charge in [0.2, 0.25) is 0 Å². The first-order chi connectivity index (χ1) is 9.40. The molecule has 2 rings (SSSR count). The Balaban J connectivity index is 2.37. The number of piperidine rings is 1. The fourth-order valence-corrected chi connectivity index (χ4v) is 2.45. The van der Waals surface area contributed by atoms with Crippen LogP contribution in [0.25, 0.3) is 0 Å². The lowest BCUT2D eigenvalue weighted by Gasteiger charge is -2.38. The summed E-state index contributed by atoms with van der Waals surface area (Å²) in [6.07, 6.45) is 0.930. The van der Waals surface area contributed by atoms with Crippen LogP contribution in [0.5, 0.6) is 0 Å². The highest BCUT2D eigenvalue weighted by Crippen LogP contribution is 2.32. The van der Waals surface area contributed by atoms with Gasteiger partial charge in [-0.2, -0.15) is 5.26 Å². The molecule has 1 amide bonds. The Bertz CT molecular complexity index is 581. The van der Waals surface area contributed by atoms with Crippen LogP contribution < -0.4 is 4.90 Å². The van der Waals surface area contributed by atoms with E-state index < -0.39 is 17.2 Å². The summed E-state index contributed by atoms with van der Waals surface area (Å²) >= 11 is 0. The second-order valence-electron chi connectivity index (χ2n) is 5.75. The van der Waals surface area contributed by atoms with E-state index in [0.29, 0.717) is 6.54 Å². The first kappa shape index (κ1) is 14.3. The van der Waals surface area contributed by atoms with E-state index in [-0.39, 0.29) is 5.78 Å². The summed E-state index contributed by atoms with van der Waals surface area (Å²) in [4.78, 5) is 25.9. The number of nitrogens with zero attached hydrogens (tertiary/aromatic N) is 2. The number of hydrogen-bond acceptors (Lipinski definition) is 3. The number of hydrogen-bond donors (Lipinski definition) is 0. The molecule has 1 aromatic carbocycles. The third-order valence-electron chi connectivity index (χ3n) is 3.78. The van der Waals surface area contributed by atoms with Crippen molar-refractivity contribution in [2.45, 2.75) is 27.2 Å². The van der Waals surface area contributed by atoms with E-state index in [2.05, 4.69) is 6.92 Å². The Kier molecular flexibility index (Phi) is 3.63. The Morgan fingerprint density at radius 2 is 1.90 bits per heavy atom. The SMILES string of the molecule is CCc1ccc(N2CC(C)(C)C(=O)C(C#N)C2=O)cc1. The third kappa shape index (κ3) is 2.32. The maximum absolute atomic E-state index is 12.3. The van der Waals surface area contributed by atoms with Crippen LogP contribution in [0.2, 0.25) is 0 Å². The molecule has 0 radical (unpaired) electrons. The van der Waals surface area contributed by atoms with Gasteiger partial charge in [-0.1, -0.05) is 32.9 Å². The van der Waals surface area contributed by atoms with Crippen molar-refractivity contribution in [3.8, 4) is 6.07 Å². The number of benzene rings is 1. The number of nitriles is 1. The topological polar surface area (TPSA) is 61.2 Å². The molecule has 0 aromatic heterocycles. The molecule has 1 aromatic rings. The summed E-state index contributed by atoms with van der Waals surface area (Å²) in [7, 11) is 0. The summed E-state index contributed by atoms with van der Waals surface area (Å²) in [6.45, 7) is 5.93. The van der Waals surface area contributed by atoms with E-state index in [1.807, 2.05) is 30.3 Å². The lowest BCUT2D eigenvalue weighted by Crippen LogP contribution is -2.54. The molecule has 0 bridgehead atoms. The van der Waals surface area contributed by atoms with E-state index in [9.17, 15) is 9.59 Å². The van der Waals surface area contributed by atoms with Crippen LogP contribution in [-0.4, -0.2) is 18.2 Å². The highest BCUT2D eigenvalue weighted by molar-refractivity contribution is 6.15. The molecule has 0 N–H and O–H groups in total. The van der Waals surface area contributed by atoms with Crippen molar-refractivity contribution in [1.82, 2.24) is 0 Å². The smallest absolute Gasteiger partial charge is 0.252 e. The van der Waals surface area contributed by atoms with Gasteiger partial charge in [0.1, 0.15) is 0 Å². The van der Waals surface area contributed by atoms with Crippen molar-refractivity contribution in [3.63, 3.8) is 0 Å². The summed E-state index contributed by atoms with van der Waals surface area (Å²) < 4.78 is 0. The predicted molar refractivity (Wildman–Crippen MR) is 76.1 cm³/mol. The lowest BCUT2D eigenvalue weighted by atomic mass is 9.77. The number of ketones is 1.